The number of aromatic nitrogens is 2. The third kappa shape index (κ3) is 2.53. The maximum atomic E-state index is 5.99. The summed E-state index contributed by atoms with van der Waals surface area (Å²) in [5.74, 6) is 0.966. The van der Waals surface area contributed by atoms with Gasteiger partial charge < -0.3 is 4.90 Å². The van der Waals surface area contributed by atoms with Crippen molar-refractivity contribution >= 4 is 39.0 Å². The number of rotatable bonds is 4. The Kier molecular flexibility index (Phi) is 3.84. The fourth-order valence-corrected chi connectivity index (χ4v) is 3.02. The highest BCUT2D eigenvalue weighted by atomic mass is 35.5. The quantitative estimate of drug-likeness (QED) is 0.789. The van der Waals surface area contributed by atoms with Crippen LogP contribution in [0.2, 0.25) is 5.28 Å². The molecule has 17 heavy (non-hydrogen) atoms. The number of hydrogen-bond acceptors (Lipinski definition) is 4. The minimum Gasteiger partial charge on any atom is -0.356 e. The first-order valence-electron chi connectivity index (χ1n) is 5.84. The van der Waals surface area contributed by atoms with E-state index in [9.17, 15) is 0 Å². The normalized spacial score (nSPS) is 11.1. The first kappa shape index (κ1) is 12.6. The topological polar surface area (TPSA) is 29.0 Å². The lowest BCUT2D eigenvalue weighted by atomic mass is 10.3. The molecule has 0 bridgehead atoms. The van der Waals surface area contributed by atoms with E-state index in [1.165, 1.54) is 4.88 Å². The van der Waals surface area contributed by atoms with E-state index in [1.807, 2.05) is 0 Å². The van der Waals surface area contributed by atoms with Crippen molar-refractivity contribution in [1.82, 2.24) is 9.97 Å². The summed E-state index contributed by atoms with van der Waals surface area (Å²) in [5.41, 5.74) is 0. The SMILES string of the molecule is CCCN(CC)c1nc(Cl)nc2sc(C)cc12. The standard InChI is InChI=1S/C12H16ClN3S/c1-4-6-16(5-2)10-9-7-8(3)17-11(9)15-12(13)14-10/h7H,4-6H2,1-3H3. The molecule has 3 nitrogen and oxygen atoms in total. The van der Waals surface area contributed by atoms with Crippen LogP contribution in [0.5, 0.6) is 0 Å². The summed E-state index contributed by atoms with van der Waals surface area (Å²) in [6, 6.07) is 2.14. The third-order valence-corrected chi connectivity index (χ3v) is 3.76. The van der Waals surface area contributed by atoms with E-state index >= 15 is 0 Å². The number of thiophene rings is 1. The molecule has 2 aromatic heterocycles. The zero-order valence-corrected chi connectivity index (χ0v) is 11.9. The van der Waals surface area contributed by atoms with Gasteiger partial charge in [-0.15, -0.1) is 11.3 Å². The minimum atomic E-state index is 0.337. The molecule has 0 atom stereocenters. The molecular weight excluding hydrogens is 254 g/mol. The number of hydrogen-bond donors (Lipinski definition) is 0. The van der Waals surface area contributed by atoms with Crippen LogP contribution in [0.1, 0.15) is 25.1 Å². The molecule has 0 aliphatic carbocycles. The molecule has 0 spiro atoms. The predicted molar refractivity (Wildman–Crippen MR) is 75.3 cm³/mol. The van der Waals surface area contributed by atoms with Crippen LogP contribution in [0.15, 0.2) is 6.07 Å². The van der Waals surface area contributed by atoms with Gasteiger partial charge in [0.25, 0.3) is 0 Å². The number of anilines is 1. The second-order valence-electron chi connectivity index (χ2n) is 3.97. The summed E-state index contributed by atoms with van der Waals surface area (Å²) < 4.78 is 0. The van der Waals surface area contributed by atoms with Gasteiger partial charge in [-0.05, 0) is 37.9 Å². The average molecular weight is 270 g/mol. The van der Waals surface area contributed by atoms with Gasteiger partial charge in [-0.1, -0.05) is 6.92 Å². The van der Waals surface area contributed by atoms with Crippen LogP contribution >= 0.6 is 22.9 Å². The van der Waals surface area contributed by atoms with Gasteiger partial charge in [-0.3, -0.25) is 0 Å². The van der Waals surface area contributed by atoms with E-state index in [1.54, 1.807) is 11.3 Å². The van der Waals surface area contributed by atoms with Crippen molar-refractivity contribution < 1.29 is 0 Å². The Bertz CT molecular complexity index is 524. The van der Waals surface area contributed by atoms with E-state index in [-0.39, 0.29) is 0 Å². The largest absolute Gasteiger partial charge is 0.356 e. The number of aryl methyl sites for hydroxylation is 1. The van der Waals surface area contributed by atoms with Gasteiger partial charge in [0.15, 0.2) is 0 Å². The smallest absolute Gasteiger partial charge is 0.225 e. The summed E-state index contributed by atoms with van der Waals surface area (Å²) in [4.78, 5) is 13.1. The maximum Gasteiger partial charge on any atom is 0.225 e. The second kappa shape index (κ2) is 5.19. The molecular formula is C12H16ClN3S. The van der Waals surface area contributed by atoms with Crippen LogP contribution in [0, 0.1) is 6.92 Å². The molecule has 0 amide bonds. The highest BCUT2D eigenvalue weighted by Crippen LogP contribution is 2.31. The Morgan fingerprint density at radius 2 is 2.12 bits per heavy atom. The molecule has 5 heteroatoms. The molecule has 0 aliphatic heterocycles. The van der Waals surface area contributed by atoms with Gasteiger partial charge in [-0.25, -0.2) is 4.98 Å². The summed E-state index contributed by atoms with van der Waals surface area (Å²) >= 11 is 7.66. The Balaban J connectivity index is 2.57. The molecule has 0 fully saturated rings. The van der Waals surface area contributed by atoms with E-state index < -0.39 is 0 Å². The van der Waals surface area contributed by atoms with Crippen LogP contribution < -0.4 is 4.90 Å². The molecule has 0 saturated heterocycles. The zero-order chi connectivity index (χ0) is 12.4. The lowest BCUT2D eigenvalue weighted by Gasteiger charge is -2.21. The van der Waals surface area contributed by atoms with Crippen LogP contribution in [-0.2, 0) is 0 Å². The third-order valence-electron chi connectivity index (χ3n) is 2.64. The van der Waals surface area contributed by atoms with Crippen molar-refractivity contribution in [3.63, 3.8) is 0 Å². The van der Waals surface area contributed by atoms with Crippen molar-refractivity contribution in [1.29, 1.82) is 0 Å². The van der Waals surface area contributed by atoms with E-state index in [0.717, 1.165) is 35.5 Å². The minimum absolute atomic E-state index is 0.337. The highest BCUT2D eigenvalue weighted by molar-refractivity contribution is 7.18. The Morgan fingerprint density at radius 1 is 1.35 bits per heavy atom. The summed E-state index contributed by atoms with van der Waals surface area (Å²) in [7, 11) is 0. The first-order valence-corrected chi connectivity index (χ1v) is 7.03. The molecule has 92 valence electrons. The van der Waals surface area contributed by atoms with E-state index in [2.05, 4.69) is 41.7 Å². The lowest BCUT2D eigenvalue weighted by molar-refractivity contribution is 0.781. The molecule has 0 saturated carbocycles. The molecule has 2 aromatic rings. The highest BCUT2D eigenvalue weighted by Gasteiger charge is 2.14. The van der Waals surface area contributed by atoms with Gasteiger partial charge in [-0.2, -0.15) is 4.98 Å². The van der Waals surface area contributed by atoms with Crippen molar-refractivity contribution in [2.45, 2.75) is 27.2 Å². The van der Waals surface area contributed by atoms with E-state index in [0.29, 0.717) is 5.28 Å². The fraction of sp³-hybridized carbons (Fsp3) is 0.500. The average Bonchev–Trinajstić information content (AvgIpc) is 2.65. The van der Waals surface area contributed by atoms with Crippen LogP contribution in [0.4, 0.5) is 5.82 Å². The van der Waals surface area contributed by atoms with Crippen LogP contribution in [0.3, 0.4) is 0 Å². The summed E-state index contributed by atoms with van der Waals surface area (Å²) in [6.07, 6.45) is 1.10. The van der Waals surface area contributed by atoms with Gasteiger partial charge in [0.05, 0.1) is 5.39 Å². The molecule has 2 rings (SSSR count). The van der Waals surface area contributed by atoms with Crippen molar-refractivity contribution in [2.24, 2.45) is 0 Å². The molecule has 2 heterocycles. The second-order valence-corrected chi connectivity index (χ2v) is 5.54. The molecule has 0 unspecified atom stereocenters. The van der Waals surface area contributed by atoms with Crippen molar-refractivity contribution in [3.05, 3.63) is 16.2 Å². The first-order chi connectivity index (χ1) is 8.15. The molecule has 0 aromatic carbocycles. The molecule has 0 N–H and O–H groups in total. The molecule has 0 aliphatic rings. The maximum absolute atomic E-state index is 5.99. The predicted octanol–water partition coefficient (Wildman–Crippen LogP) is 3.89. The van der Waals surface area contributed by atoms with Gasteiger partial charge in [0.1, 0.15) is 10.6 Å². The lowest BCUT2D eigenvalue weighted by Crippen LogP contribution is -2.24. The Labute approximate surface area is 110 Å². The van der Waals surface area contributed by atoms with Gasteiger partial charge in [0.2, 0.25) is 5.28 Å². The zero-order valence-electron chi connectivity index (χ0n) is 10.3. The Morgan fingerprint density at radius 3 is 2.76 bits per heavy atom. The number of fused-ring (bicyclic) bond motifs is 1. The van der Waals surface area contributed by atoms with Crippen molar-refractivity contribution in [3.8, 4) is 0 Å². The van der Waals surface area contributed by atoms with Gasteiger partial charge >= 0.3 is 0 Å². The molecule has 0 radical (unpaired) electrons. The van der Waals surface area contributed by atoms with E-state index in [4.69, 9.17) is 11.6 Å². The summed E-state index contributed by atoms with van der Waals surface area (Å²) in [5, 5.41) is 1.45. The van der Waals surface area contributed by atoms with Gasteiger partial charge in [0, 0.05) is 18.0 Å². The monoisotopic (exact) mass is 269 g/mol. The summed E-state index contributed by atoms with van der Waals surface area (Å²) in [6.45, 7) is 8.32. The van der Waals surface area contributed by atoms with Crippen LogP contribution in [0.25, 0.3) is 10.2 Å². The number of halogens is 1. The fourth-order valence-electron chi connectivity index (χ4n) is 1.93. The Hall–Kier alpha value is -0.870. The van der Waals surface area contributed by atoms with Crippen molar-refractivity contribution in [2.75, 3.05) is 18.0 Å². The van der Waals surface area contributed by atoms with Crippen LogP contribution in [-0.4, -0.2) is 23.1 Å². The number of nitrogens with zero attached hydrogens (tertiary/aromatic N) is 3.